The van der Waals surface area contributed by atoms with Crippen molar-refractivity contribution in [3.63, 3.8) is 0 Å². The Morgan fingerprint density at radius 1 is 1.08 bits per heavy atom. The zero-order valence-electron chi connectivity index (χ0n) is 15.7. The Kier molecular flexibility index (Phi) is 6.47. The highest BCUT2D eigenvalue weighted by atomic mass is 16.2. The topological polar surface area (TPSA) is 65.5 Å². The van der Waals surface area contributed by atoms with Crippen LogP contribution in [-0.4, -0.2) is 54.4 Å². The van der Waals surface area contributed by atoms with Gasteiger partial charge in [0.25, 0.3) is 0 Å². The molecule has 142 valence electrons. The maximum Gasteiger partial charge on any atom is 0.225 e. The number of carbonyl (C=O) groups is 2. The Balaban J connectivity index is 1.44. The molecule has 2 amide bonds. The minimum Gasteiger partial charge on any atom is -0.356 e. The fourth-order valence-electron chi connectivity index (χ4n) is 3.95. The van der Waals surface area contributed by atoms with Crippen molar-refractivity contribution >= 4 is 17.6 Å². The smallest absolute Gasteiger partial charge is 0.225 e. The number of hydrogen-bond donors (Lipinski definition) is 1. The summed E-state index contributed by atoms with van der Waals surface area (Å²) in [4.78, 5) is 33.6. The van der Waals surface area contributed by atoms with E-state index in [0.717, 1.165) is 70.6 Å². The summed E-state index contributed by atoms with van der Waals surface area (Å²) in [6, 6.07) is 5.93. The molecule has 1 aliphatic heterocycles. The van der Waals surface area contributed by atoms with Gasteiger partial charge >= 0.3 is 0 Å². The summed E-state index contributed by atoms with van der Waals surface area (Å²) in [6.45, 7) is 5.98. The minimum atomic E-state index is 0.0894. The number of piperazine rings is 1. The third-order valence-electron chi connectivity index (χ3n) is 5.56. The summed E-state index contributed by atoms with van der Waals surface area (Å²) in [5.41, 5.74) is 0. The molecule has 0 aromatic carbocycles. The molecule has 1 N–H and O–H groups in total. The molecule has 26 heavy (non-hydrogen) atoms. The van der Waals surface area contributed by atoms with Crippen molar-refractivity contribution in [1.29, 1.82) is 0 Å². The van der Waals surface area contributed by atoms with Gasteiger partial charge in [0.15, 0.2) is 0 Å². The lowest BCUT2D eigenvalue weighted by molar-refractivity contribution is -0.138. The summed E-state index contributed by atoms with van der Waals surface area (Å²) < 4.78 is 0. The monoisotopic (exact) mass is 358 g/mol. The van der Waals surface area contributed by atoms with E-state index in [1.54, 1.807) is 0 Å². The molecule has 6 nitrogen and oxygen atoms in total. The molecule has 1 aromatic heterocycles. The molecule has 3 rings (SSSR count). The number of rotatable bonds is 5. The second kappa shape index (κ2) is 9.01. The van der Waals surface area contributed by atoms with Crippen LogP contribution < -0.4 is 10.2 Å². The van der Waals surface area contributed by atoms with E-state index in [4.69, 9.17) is 0 Å². The fraction of sp³-hybridized carbons (Fsp3) is 0.650. The molecule has 0 radical (unpaired) electrons. The van der Waals surface area contributed by atoms with Crippen molar-refractivity contribution in [1.82, 2.24) is 15.2 Å². The number of hydrogen-bond acceptors (Lipinski definition) is 4. The first-order valence-electron chi connectivity index (χ1n) is 9.91. The number of amides is 2. The van der Waals surface area contributed by atoms with E-state index in [9.17, 15) is 9.59 Å². The largest absolute Gasteiger partial charge is 0.356 e. The van der Waals surface area contributed by atoms with Crippen LogP contribution in [0.3, 0.4) is 0 Å². The number of nitrogens with one attached hydrogen (secondary N) is 1. The van der Waals surface area contributed by atoms with E-state index >= 15 is 0 Å². The lowest BCUT2D eigenvalue weighted by atomic mass is 9.81. The van der Waals surface area contributed by atoms with Gasteiger partial charge in [0.1, 0.15) is 5.82 Å². The van der Waals surface area contributed by atoms with Gasteiger partial charge in [0.2, 0.25) is 11.8 Å². The first-order chi connectivity index (χ1) is 12.7. The van der Waals surface area contributed by atoms with Crippen LogP contribution in [0.1, 0.15) is 39.0 Å². The lowest BCUT2D eigenvalue weighted by Gasteiger charge is -2.38. The highest BCUT2D eigenvalue weighted by molar-refractivity contribution is 5.81. The predicted molar refractivity (Wildman–Crippen MR) is 102 cm³/mol. The second-order valence-corrected chi connectivity index (χ2v) is 7.34. The van der Waals surface area contributed by atoms with Crippen molar-refractivity contribution < 1.29 is 9.59 Å². The molecule has 0 spiro atoms. The maximum atomic E-state index is 12.8. The Hall–Kier alpha value is -2.11. The highest BCUT2D eigenvalue weighted by Gasteiger charge is 2.33. The quantitative estimate of drug-likeness (QED) is 0.875. The van der Waals surface area contributed by atoms with Crippen molar-refractivity contribution in [3.05, 3.63) is 24.4 Å². The van der Waals surface area contributed by atoms with Crippen molar-refractivity contribution in [2.75, 3.05) is 37.6 Å². The average molecular weight is 358 g/mol. The predicted octanol–water partition coefficient (Wildman–Crippen LogP) is 2.06. The van der Waals surface area contributed by atoms with Gasteiger partial charge in [0.05, 0.1) is 0 Å². The first kappa shape index (κ1) is 18.7. The van der Waals surface area contributed by atoms with E-state index in [0.29, 0.717) is 0 Å². The van der Waals surface area contributed by atoms with E-state index < -0.39 is 0 Å². The molecule has 1 aromatic rings. The van der Waals surface area contributed by atoms with Crippen LogP contribution in [0.2, 0.25) is 0 Å². The maximum absolute atomic E-state index is 12.8. The first-order valence-corrected chi connectivity index (χ1v) is 9.91. The average Bonchev–Trinajstić information content (AvgIpc) is 2.72. The number of anilines is 1. The molecule has 2 fully saturated rings. The van der Waals surface area contributed by atoms with Crippen LogP contribution >= 0.6 is 0 Å². The molecule has 2 aliphatic rings. The van der Waals surface area contributed by atoms with Gasteiger partial charge in [-0.1, -0.05) is 13.0 Å². The molecular formula is C20H30N4O2. The van der Waals surface area contributed by atoms with E-state index in [2.05, 4.69) is 22.1 Å². The van der Waals surface area contributed by atoms with Crippen molar-refractivity contribution in [2.24, 2.45) is 11.8 Å². The number of aromatic nitrogens is 1. The van der Waals surface area contributed by atoms with Gasteiger partial charge in [-0.05, 0) is 44.2 Å². The fourth-order valence-corrected chi connectivity index (χ4v) is 3.95. The van der Waals surface area contributed by atoms with Crippen LogP contribution in [0.15, 0.2) is 24.4 Å². The van der Waals surface area contributed by atoms with Gasteiger partial charge in [-0.3, -0.25) is 9.59 Å². The summed E-state index contributed by atoms with van der Waals surface area (Å²) in [5, 5.41) is 2.98. The second-order valence-electron chi connectivity index (χ2n) is 7.34. The Morgan fingerprint density at radius 3 is 2.38 bits per heavy atom. The number of carbonyl (C=O) groups excluding carboxylic acids is 2. The Morgan fingerprint density at radius 2 is 1.77 bits per heavy atom. The van der Waals surface area contributed by atoms with Gasteiger partial charge in [-0.2, -0.15) is 0 Å². The van der Waals surface area contributed by atoms with E-state index in [1.807, 2.05) is 29.3 Å². The summed E-state index contributed by atoms with van der Waals surface area (Å²) in [7, 11) is 0. The van der Waals surface area contributed by atoms with Crippen molar-refractivity contribution in [3.8, 4) is 0 Å². The number of pyridine rings is 1. The third-order valence-corrected chi connectivity index (χ3v) is 5.56. The van der Waals surface area contributed by atoms with Crippen molar-refractivity contribution in [2.45, 2.75) is 39.0 Å². The zero-order chi connectivity index (χ0) is 18.4. The highest BCUT2D eigenvalue weighted by Crippen LogP contribution is 2.30. The standard InChI is InChI=1S/C20H30N4O2/c1-2-10-22-19(25)16-6-8-17(9-7-16)20(26)24-14-12-23(13-15-24)18-5-3-4-11-21-18/h3-5,11,16-17H,2,6-10,12-15H2,1H3,(H,22,25). The minimum absolute atomic E-state index is 0.0894. The van der Waals surface area contributed by atoms with E-state index in [-0.39, 0.29) is 23.7 Å². The lowest BCUT2D eigenvalue weighted by Crippen LogP contribution is -2.51. The van der Waals surface area contributed by atoms with Crippen LogP contribution in [0.5, 0.6) is 0 Å². The van der Waals surface area contributed by atoms with E-state index in [1.165, 1.54) is 0 Å². The SMILES string of the molecule is CCCNC(=O)C1CCC(C(=O)N2CCN(c3ccccn3)CC2)CC1. The van der Waals surface area contributed by atoms with Crippen LogP contribution in [0, 0.1) is 11.8 Å². The Bertz CT molecular complexity index is 591. The van der Waals surface area contributed by atoms with Crippen LogP contribution in [0.4, 0.5) is 5.82 Å². The molecule has 0 atom stereocenters. The van der Waals surface area contributed by atoms with Crippen LogP contribution in [0.25, 0.3) is 0 Å². The van der Waals surface area contributed by atoms with Gasteiger partial charge < -0.3 is 15.1 Å². The molecule has 1 saturated heterocycles. The molecular weight excluding hydrogens is 328 g/mol. The summed E-state index contributed by atoms with van der Waals surface area (Å²) in [6.07, 6.45) is 6.11. The molecule has 2 heterocycles. The summed E-state index contributed by atoms with van der Waals surface area (Å²) >= 11 is 0. The van der Waals surface area contributed by atoms with Gasteiger partial charge in [-0.15, -0.1) is 0 Å². The molecule has 6 heteroatoms. The molecule has 0 unspecified atom stereocenters. The molecule has 1 aliphatic carbocycles. The van der Waals surface area contributed by atoms with Crippen LogP contribution in [-0.2, 0) is 9.59 Å². The van der Waals surface area contributed by atoms with Gasteiger partial charge in [0, 0.05) is 50.8 Å². The Labute approximate surface area is 156 Å². The zero-order valence-corrected chi connectivity index (χ0v) is 15.7. The normalized spacial score (nSPS) is 23.6. The third kappa shape index (κ3) is 4.54. The molecule has 1 saturated carbocycles. The molecule has 0 bridgehead atoms. The van der Waals surface area contributed by atoms with Gasteiger partial charge in [-0.25, -0.2) is 4.98 Å². The number of nitrogens with zero attached hydrogens (tertiary/aromatic N) is 3. The summed E-state index contributed by atoms with van der Waals surface area (Å²) in [5.74, 6) is 1.61.